The highest BCUT2D eigenvalue weighted by Crippen LogP contribution is 2.34. The van der Waals surface area contributed by atoms with Crippen molar-refractivity contribution in [2.45, 2.75) is 13.0 Å². The van der Waals surface area contributed by atoms with E-state index in [1.165, 1.54) is 12.1 Å². The monoisotopic (exact) mass is 257 g/mol. The van der Waals surface area contributed by atoms with Gasteiger partial charge in [0.2, 0.25) is 0 Å². The van der Waals surface area contributed by atoms with E-state index in [0.29, 0.717) is 11.4 Å². The summed E-state index contributed by atoms with van der Waals surface area (Å²) in [4.78, 5) is 11.6. The molecular formula is C15H12FNO2. The second-order valence-corrected chi connectivity index (χ2v) is 4.47. The van der Waals surface area contributed by atoms with E-state index in [1.807, 2.05) is 12.1 Å². The molecule has 0 saturated heterocycles. The lowest BCUT2D eigenvalue weighted by Crippen LogP contribution is -2.34. The summed E-state index contributed by atoms with van der Waals surface area (Å²) in [7, 11) is 0. The van der Waals surface area contributed by atoms with Crippen molar-refractivity contribution in [3.8, 4) is 16.9 Å². The highest BCUT2D eigenvalue weighted by molar-refractivity contribution is 5.98. The second-order valence-electron chi connectivity index (χ2n) is 4.47. The van der Waals surface area contributed by atoms with Gasteiger partial charge in [-0.05, 0) is 42.3 Å². The van der Waals surface area contributed by atoms with E-state index in [1.54, 1.807) is 25.1 Å². The lowest BCUT2D eigenvalue weighted by Gasteiger charge is -2.23. The topological polar surface area (TPSA) is 38.3 Å². The molecule has 1 amide bonds. The number of rotatable bonds is 1. The molecule has 4 heteroatoms. The molecule has 1 unspecified atom stereocenters. The number of amides is 1. The van der Waals surface area contributed by atoms with Crippen LogP contribution in [0.2, 0.25) is 0 Å². The minimum Gasteiger partial charge on any atom is -0.479 e. The quantitative estimate of drug-likeness (QED) is 0.851. The first-order chi connectivity index (χ1) is 9.13. The van der Waals surface area contributed by atoms with Gasteiger partial charge < -0.3 is 10.1 Å². The predicted octanol–water partition coefficient (Wildman–Crippen LogP) is 3.21. The Hall–Kier alpha value is -2.36. The zero-order chi connectivity index (χ0) is 13.4. The molecule has 0 spiro atoms. The third kappa shape index (κ3) is 2.17. The van der Waals surface area contributed by atoms with Gasteiger partial charge >= 0.3 is 0 Å². The molecule has 19 heavy (non-hydrogen) atoms. The third-order valence-corrected chi connectivity index (χ3v) is 3.07. The fourth-order valence-corrected chi connectivity index (χ4v) is 2.06. The van der Waals surface area contributed by atoms with Gasteiger partial charge in [-0.2, -0.15) is 0 Å². The summed E-state index contributed by atoms with van der Waals surface area (Å²) >= 11 is 0. The lowest BCUT2D eigenvalue weighted by atomic mass is 10.0. The van der Waals surface area contributed by atoms with Crippen molar-refractivity contribution in [3.63, 3.8) is 0 Å². The van der Waals surface area contributed by atoms with Crippen LogP contribution < -0.4 is 10.1 Å². The zero-order valence-electron chi connectivity index (χ0n) is 10.3. The minimum atomic E-state index is -0.493. The molecule has 96 valence electrons. The highest BCUT2D eigenvalue weighted by atomic mass is 19.1. The van der Waals surface area contributed by atoms with Crippen molar-refractivity contribution in [2.75, 3.05) is 5.32 Å². The number of benzene rings is 2. The van der Waals surface area contributed by atoms with Crippen molar-refractivity contribution in [3.05, 3.63) is 48.3 Å². The van der Waals surface area contributed by atoms with Gasteiger partial charge in [0.15, 0.2) is 6.10 Å². The molecule has 0 aliphatic carbocycles. The fraction of sp³-hybridized carbons (Fsp3) is 0.133. The molecule has 1 aliphatic rings. The van der Waals surface area contributed by atoms with Crippen LogP contribution in [0.3, 0.4) is 0 Å². The minimum absolute atomic E-state index is 0.177. The molecule has 0 radical (unpaired) electrons. The SMILES string of the molecule is CC1Oc2ccc(-c3cccc(F)c3)cc2NC1=O. The maximum Gasteiger partial charge on any atom is 0.265 e. The van der Waals surface area contributed by atoms with E-state index < -0.39 is 6.10 Å². The molecule has 1 aliphatic heterocycles. The van der Waals surface area contributed by atoms with Crippen LogP contribution in [0, 0.1) is 5.82 Å². The number of hydrogen-bond acceptors (Lipinski definition) is 2. The van der Waals surface area contributed by atoms with Crippen LogP contribution in [0.4, 0.5) is 10.1 Å². The second kappa shape index (κ2) is 4.39. The van der Waals surface area contributed by atoms with Crippen LogP contribution in [0.15, 0.2) is 42.5 Å². The first kappa shape index (κ1) is 11.7. The molecule has 3 rings (SSSR count). The van der Waals surface area contributed by atoms with E-state index in [4.69, 9.17) is 4.74 Å². The molecule has 3 nitrogen and oxygen atoms in total. The van der Waals surface area contributed by atoms with Gasteiger partial charge in [-0.15, -0.1) is 0 Å². The van der Waals surface area contributed by atoms with Crippen molar-refractivity contribution in [1.29, 1.82) is 0 Å². The van der Waals surface area contributed by atoms with Gasteiger partial charge in [0.1, 0.15) is 11.6 Å². The normalized spacial score (nSPS) is 17.4. The lowest BCUT2D eigenvalue weighted by molar-refractivity contribution is -0.122. The largest absolute Gasteiger partial charge is 0.479 e. The number of carbonyl (C=O) groups is 1. The van der Waals surface area contributed by atoms with Crippen LogP contribution in [-0.2, 0) is 4.79 Å². The Morgan fingerprint density at radius 3 is 2.74 bits per heavy atom. The zero-order valence-corrected chi connectivity index (χ0v) is 10.3. The molecule has 2 aromatic rings. The molecular weight excluding hydrogens is 245 g/mol. The van der Waals surface area contributed by atoms with Crippen molar-refractivity contribution in [2.24, 2.45) is 0 Å². The van der Waals surface area contributed by atoms with Gasteiger partial charge in [-0.3, -0.25) is 4.79 Å². The van der Waals surface area contributed by atoms with E-state index in [0.717, 1.165) is 11.1 Å². The number of hydrogen-bond donors (Lipinski definition) is 1. The first-order valence-electron chi connectivity index (χ1n) is 6.01. The summed E-state index contributed by atoms with van der Waals surface area (Å²) in [6.07, 6.45) is -0.493. The Bertz CT molecular complexity index is 654. The average molecular weight is 257 g/mol. The molecule has 0 fully saturated rings. The Morgan fingerprint density at radius 2 is 1.95 bits per heavy atom. The molecule has 1 heterocycles. The maximum atomic E-state index is 13.2. The summed E-state index contributed by atoms with van der Waals surface area (Å²) in [5, 5.41) is 2.78. The molecule has 0 saturated carbocycles. The van der Waals surface area contributed by atoms with Crippen molar-refractivity contribution in [1.82, 2.24) is 0 Å². The summed E-state index contributed by atoms with van der Waals surface area (Å²) in [5.74, 6) is 0.167. The van der Waals surface area contributed by atoms with E-state index in [9.17, 15) is 9.18 Å². The molecule has 1 atom stereocenters. The Labute approximate surface area is 110 Å². The van der Waals surface area contributed by atoms with E-state index >= 15 is 0 Å². The van der Waals surface area contributed by atoms with Crippen LogP contribution in [-0.4, -0.2) is 12.0 Å². The number of fused-ring (bicyclic) bond motifs is 1. The number of halogens is 1. The van der Waals surface area contributed by atoms with Crippen LogP contribution in [0.5, 0.6) is 5.75 Å². The van der Waals surface area contributed by atoms with Gasteiger partial charge in [-0.1, -0.05) is 18.2 Å². The number of anilines is 1. The van der Waals surface area contributed by atoms with Crippen LogP contribution in [0.25, 0.3) is 11.1 Å². The third-order valence-electron chi connectivity index (χ3n) is 3.07. The van der Waals surface area contributed by atoms with Gasteiger partial charge in [-0.25, -0.2) is 4.39 Å². The highest BCUT2D eigenvalue weighted by Gasteiger charge is 2.23. The van der Waals surface area contributed by atoms with Gasteiger partial charge in [0, 0.05) is 0 Å². The predicted molar refractivity (Wildman–Crippen MR) is 70.6 cm³/mol. The summed E-state index contributed by atoms with van der Waals surface area (Å²) < 4.78 is 18.7. The summed E-state index contributed by atoms with van der Waals surface area (Å²) in [6, 6.07) is 11.7. The molecule has 2 aromatic carbocycles. The maximum absolute atomic E-state index is 13.2. The number of carbonyl (C=O) groups excluding carboxylic acids is 1. The average Bonchev–Trinajstić information content (AvgIpc) is 2.39. The molecule has 1 N–H and O–H groups in total. The Kier molecular flexibility index (Phi) is 2.71. The van der Waals surface area contributed by atoms with Gasteiger partial charge in [0.05, 0.1) is 5.69 Å². The molecule has 0 bridgehead atoms. The van der Waals surface area contributed by atoms with Crippen molar-refractivity contribution >= 4 is 11.6 Å². The van der Waals surface area contributed by atoms with Crippen LogP contribution >= 0.6 is 0 Å². The Balaban J connectivity index is 2.02. The van der Waals surface area contributed by atoms with E-state index in [2.05, 4.69) is 5.32 Å². The summed E-state index contributed by atoms with van der Waals surface area (Å²) in [5.41, 5.74) is 2.21. The Morgan fingerprint density at radius 1 is 1.16 bits per heavy atom. The smallest absolute Gasteiger partial charge is 0.265 e. The number of ether oxygens (including phenoxy) is 1. The summed E-state index contributed by atoms with van der Waals surface area (Å²) in [6.45, 7) is 1.69. The van der Waals surface area contributed by atoms with Crippen LogP contribution in [0.1, 0.15) is 6.92 Å². The van der Waals surface area contributed by atoms with Crippen molar-refractivity contribution < 1.29 is 13.9 Å². The van der Waals surface area contributed by atoms with Gasteiger partial charge in [0.25, 0.3) is 5.91 Å². The standard InChI is InChI=1S/C15H12FNO2/c1-9-15(18)17-13-8-11(5-6-14(13)19-9)10-3-2-4-12(16)7-10/h2-9H,1H3,(H,17,18). The first-order valence-corrected chi connectivity index (χ1v) is 6.01. The van der Waals surface area contributed by atoms with E-state index in [-0.39, 0.29) is 11.7 Å². The molecule has 0 aromatic heterocycles. The number of nitrogens with one attached hydrogen (secondary N) is 1. The fourth-order valence-electron chi connectivity index (χ4n) is 2.06.